The normalized spacial score (nSPS) is 9.40. The van der Waals surface area contributed by atoms with Crippen molar-refractivity contribution < 1.29 is 19.1 Å². The van der Waals surface area contributed by atoms with Crippen molar-refractivity contribution in [1.82, 2.24) is 0 Å². The Morgan fingerprint density at radius 3 is 0.967 bits per heavy atom. The second-order valence-corrected chi connectivity index (χ2v) is 6.31. The zero-order chi connectivity index (χ0) is 21.3. The van der Waals surface area contributed by atoms with Crippen LogP contribution in [0.4, 0.5) is 0 Å². The highest BCUT2D eigenvalue weighted by Gasteiger charge is 1.98. The van der Waals surface area contributed by atoms with Gasteiger partial charge >= 0.3 is 11.9 Å². The van der Waals surface area contributed by atoms with Crippen LogP contribution in [-0.2, 0) is 9.59 Å². The van der Waals surface area contributed by atoms with E-state index in [1.54, 1.807) is 48.5 Å². The van der Waals surface area contributed by atoms with E-state index >= 15 is 0 Å². The van der Waals surface area contributed by atoms with Crippen molar-refractivity contribution in [1.29, 1.82) is 0 Å². The van der Waals surface area contributed by atoms with E-state index in [1.165, 1.54) is 13.8 Å². The average Bonchev–Trinajstić information content (AvgIpc) is 2.73. The van der Waals surface area contributed by atoms with Gasteiger partial charge in [0.25, 0.3) is 0 Å². The highest BCUT2D eigenvalue weighted by molar-refractivity contribution is 5.69. The number of rotatable bonds is 2. The lowest BCUT2D eigenvalue weighted by atomic mass is 10.1. The molecule has 30 heavy (non-hydrogen) atoms. The molecule has 0 N–H and O–H groups in total. The van der Waals surface area contributed by atoms with Crippen LogP contribution < -0.4 is 9.47 Å². The van der Waals surface area contributed by atoms with Gasteiger partial charge in [-0.05, 0) is 72.8 Å². The van der Waals surface area contributed by atoms with Crippen LogP contribution in [0.3, 0.4) is 0 Å². The molecule has 0 amide bonds. The number of ether oxygens (including phenoxy) is 2. The molecular formula is C26H18O4. The van der Waals surface area contributed by atoms with E-state index in [-0.39, 0.29) is 11.9 Å². The van der Waals surface area contributed by atoms with Gasteiger partial charge in [-0.25, -0.2) is 0 Å². The Morgan fingerprint density at radius 1 is 0.500 bits per heavy atom. The van der Waals surface area contributed by atoms with Gasteiger partial charge in [-0.3, -0.25) is 9.59 Å². The number of carbonyl (C=O) groups excluding carboxylic acids is 2. The molecule has 0 aliphatic heterocycles. The third-order valence-corrected chi connectivity index (χ3v) is 3.82. The molecule has 3 aromatic rings. The van der Waals surface area contributed by atoms with Gasteiger partial charge in [0.2, 0.25) is 0 Å². The molecule has 0 bridgehead atoms. The summed E-state index contributed by atoms with van der Waals surface area (Å²) in [5.41, 5.74) is 3.39. The minimum Gasteiger partial charge on any atom is -0.427 e. The summed E-state index contributed by atoms with van der Waals surface area (Å²) in [5.74, 6) is 12.6. The molecule has 4 heteroatoms. The molecule has 4 nitrogen and oxygen atoms in total. The van der Waals surface area contributed by atoms with Gasteiger partial charge < -0.3 is 9.47 Å². The predicted octanol–water partition coefficient (Wildman–Crippen LogP) is 4.34. The zero-order valence-corrected chi connectivity index (χ0v) is 16.6. The lowest BCUT2D eigenvalue weighted by molar-refractivity contribution is -0.132. The van der Waals surface area contributed by atoms with Crippen LogP contribution in [0.1, 0.15) is 36.1 Å². The van der Waals surface area contributed by atoms with Crippen LogP contribution in [0, 0.1) is 23.7 Å². The molecule has 0 aliphatic carbocycles. The van der Waals surface area contributed by atoms with Gasteiger partial charge in [0.05, 0.1) is 0 Å². The molecule has 0 radical (unpaired) electrons. The molecule has 0 saturated carbocycles. The zero-order valence-electron chi connectivity index (χ0n) is 16.6. The molecule has 0 aliphatic rings. The molecule has 3 rings (SSSR count). The highest BCUT2D eigenvalue weighted by Crippen LogP contribution is 2.13. The first-order valence-corrected chi connectivity index (χ1v) is 9.19. The largest absolute Gasteiger partial charge is 0.427 e. The van der Waals surface area contributed by atoms with Crippen molar-refractivity contribution in [2.45, 2.75) is 13.8 Å². The molecule has 0 aromatic heterocycles. The second-order valence-electron chi connectivity index (χ2n) is 6.31. The van der Waals surface area contributed by atoms with E-state index in [4.69, 9.17) is 9.47 Å². The van der Waals surface area contributed by atoms with Crippen LogP contribution in [0.5, 0.6) is 11.5 Å². The Bertz CT molecular complexity index is 1070. The third kappa shape index (κ3) is 6.41. The molecule has 0 unspecified atom stereocenters. The first kappa shape index (κ1) is 20.5. The molecule has 0 heterocycles. The maximum Gasteiger partial charge on any atom is 0.308 e. The monoisotopic (exact) mass is 394 g/mol. The summed E-state index contributed by atoms with van der Waals surface area (Å²) in [4.78, 5) is 21.9. The van der Waals surface area contributed by atoms with Crippen molar-refractivity contribution in [2.24, 2.45) is 0 Å². The fourth-order valence-electron chi connectivity index (χ4n) is 2.47. The SMILES string of the molecule is CC(=O)Oc1ccc(C#Cc2ccc(C#Cc3ccc(OC(C)=O)cc3)cc2)cc1. The lowest BCUT2D eigenvalue weighted by Gasteiger charge is -2.00. The molecular weight excluding hydrogens is 376 g/mol. The maximum atomic E-state index is 10.9. The van der Waals surface area contributed by atoms with Crippen molar-refractivity contribution in [3.05, 3.63) is 95.1 Å². The van der Waals surface area contributed by atoms with E-state index in [9.17, 15) is 9.59 Å². The van der Waals surface area contributed by atoms with Gasteiger partial charge in [0, 0.05) is 36.1 Å². The smallest absolute Gasteiger partial charge is 0.308 e. The first-order valence-electron chi connectivity index (χ1n) is 9.19. The van der Waals surface area contributed by atoms with Crippen molar-refractivity contribution in [3.63, 3.8) is 0 Å². The summed E-state index contributed by atoms with van der Waals surface area (Å²) >= 11 is 0. The fourth-order valence-corrected chi connectivity index (χ4v) is 2.47. The highest BCUT2D eigenvalue weighted by atomic mass is 16.5. The topological polar surface area (TPSA) is 52.6 Å². The minimum atomic E-state index is -0.351. The summed E-state index contributed by atoms with van der Waals surface area (Å²) in [7, 11) is 0. The van der Waals surface area contributed by atoms with Gasteiger partial charge in [0.15, 0.2) is 0 Å². The Kier molecular flexibility index (Phi) is 6.66. The maximum absolute atomic E-state index is 10.9. The van der Waals surface area contributed by atoms with Crippen molar-refractivity contribution in [2.75, 3.05) is 0 Å². The Hall–Kier alpha value is -4.28. The minimum absolute atomic E-state index is 0.351. The van der Waals surface area contributed by atoms with Crippen molar-refractivity contribution in [3.8, 4) is 35.2 Å². The van der Waals surface area contributed by atoms with Gasteiger partial charge in [-0.1, -0.05) is 23.7 Å². The predicted molar refractivity (Wildman–Crippen MR) is 114 cm³/mol. The Morgan fingerprint density at radius 2 is 0.733 bits per heavy atom. The van der Waals surface area contributed by atoms with Crippen molar-refractivity contribution >= 4 is 11.9 Å². The van der Waals surface area contributed by atoms with Gasteiger partial charge in [0.1, 0.15) is 11.5 Å². The van der Waals surface area contributed by atoms with E-state index < -0.39 is 0 Å². The summed E-state index contributed by atoms with van der Waals surface area (Å²) in [5, 5.41) is 0. The Balaban J connectivity index is 1.63. The van der Waals surface area contributed by atoms with Crippen LogP contribution in [-0.4, -0.2) is 11.9 Å². The fraction of sp³-hybridized carbons (Fsp3) is 0.0769. The summed E-state index contributed by atoms with van der Waals surface area (Å²) in [6.45, 7) is 2.73. The number of esters is 2. The molecule has 146 valence electrons. The van der Waals surface area contributed by atoms with Crippen LogP contribution in [0.2, 0.25) is 0 Å². The number of carbonyl (C=O) groups is 2. The van der Waals surface area contributed by atoms with E-state index in [2.05, 4.69) is 23.7 Å². The second kappa shape index (κ2) is 9.78. The van der Waals surface area contributed by atoms with E-state index in [1.807, 2.05) is 24.3 Å². The number of benzene rings is 3. The molecule has 0 atom stereocenters. The molecule has 0 spiro atoms. The Labute approximate surface area is 175 Å². The summed E-state index contributed by atoms with van der Waals surface area (Å²) < 4.78 is 10.0. The first-order chi connectivity index (χ1) is 14.5. The van der Waals surface area contributed by atoms with Crippen LogP contribution >= 0.6 is 0 Å². The summed E-state index contributed by atoms with van der Waals surface area (Å²) in [6.07, 6.45) is 0. The molecule has 0 fully saturated rings. The van der Waals surface area contributed by atoms with Crippen LogP contribution in [0.25, 0.3) is 0 Å². The van der Waals surface area contributed by atoms with E-state index in [0.717, 1.165) is 22.3 Å². The number of hydrogen-bond acceptors (Lipinski definition) is 4. The third-order valence-electron chi connectivity index (χ3n) is 3.82. The number of hydrogen-bond donors (Lipinski definition) is 0. The van der Waals surface area contributed by atoms with E-state index in [0.29, 0.717) is 11.5 Å². The summed E-state index contributed by atoms with van der Waals surface area (Å²) in [6, 6.07) is 21.7. The molecule has 3 aromatic carbocycles. The van der Waals surface area contributed by atoms with Gasteiger partial charge in [-0.2, -0.15) is 0 Å². The van der Waals surface area contributed by atoms with Crippen LogP contribution in [0.15, 0.2) is 72.8 Å². The molecule has 0 saturated heterocycles. The quantitative estimate of drug-likeness (QED) is 0.369. The standard InChI is InChI=1S/C26H18O4/c1-19(27)29-25-15-11-23(12-16-25)9-7-21-3-5-22(6-4-21)8-10-24-13-17-26(18-14-24)30-20(2)28/h3-6,11-18H,1-2H3. The van der Waals surface area contributed by atoms with Gasteiger partial charge in [-0.15, -0.1) is 0 Å². The average molecular weight is 394 g/mol. The lowest BCUT2D eigenvalue weighted by Crippen LogP contribution is -2.00.